The molecule has 0 spiro atoms. The average molecular weight is 348 g/mol. The van der Waals surface area contributed by atoms with Gasteiger partial charge in [-0.05, 0) is 39.9 Å². The van der Waals surface area contributed by atoms with Gasteiger partial charge in [-0.2, -0.15) is 0 Å². The molecule has 0 aliphatic heterocycles. The zero-order valence-electron chi connectivity index (χ0n) is 9.43. The Kier molecular flexibility index (Phi) is 5.11. The monoisotopic (exact) mass is 347 g/mol. The van der Waals surface area contributed by atoms with Crippen LogP contribution in [0, 0.1) is 0 Å². The standard InChI is InChI=1S/C12H14BrNS3/c1-2-9(14)12(10-6-8(13)7-16-10)17-11-4-3-5-15-11/h3-7,9,12H,2,14H2,1H3. The van der Waals surface area contributed by atoms with Crippen molar-refractivity contribution in [2.24, 2.45) is 5.73 Å². The van der Waals surface area contributed by atoms with E-state index in [0.717, 1.165) is 10.9 Å². The molecule has 0 fully saturated rings. The van der Waals surface area contributed by atoms with Gasteiger partial charge in [0, 0.05) is 20.8 Å². The molecule has 0 aliphatic rings. The first-order valence-electron chi connectivity index (χ1n) is 5.40. The Morgan fingerprint density at radius 3 is 2.82 bits per heavy atom. The summed E-state index contributed by atoms with van der Waals surface area (Å²) < 4.78 is 2.49. The molecule has 2 unspecified atom stereocenters. The van der Waals surface area contributed by atoms with E-state index >= 15 is 0 Å². The first-order chi connectivity index (χ1) is 8.20. The van der Waals surface area contributed by atoms with Gasteiger partial charge in [-0.25, -0.2) is 0 Å². The molecule has 0 saturated carbocycles. The fraction of sp³-hybridized carbons (Fsp3) is 0.333. The van der Waals surface area contributed by atoms with Crippen LogP contribution in [0.15, 0.2) is 37.6 Å². The third-order valence-corrected chi connectivity index (χ3v) is 6.86. The third kappa shape index (κ3) is 3.58. The van der Waals surface area contributed by atoms with Crippen LogP contribution >= 0.6 is 50.4 Å². The quantitative estimate of drug-likeness (QED) is 0.757. The highest BCUT2D eigenvalue weighted by atomic mass is 79.9. The van der Waals surface area contributed by atoms with E-state index in [1.54, 1.807) is 22.7 Å². The van der Waals surface area contributed by atoms with Crippen LogP contribution in [0.2, 0.25) is 0 Å². The van der Waals surface area contributed by atoms with E-state index in [1.807, 2.05) is 11.8 Å². The van der Waals surface area contributed by atoms with Gasteiger partial charge in [0.05, 0.1) is 9.46 Å². The fourth-order valence-electron chi connectivity index (χ4n) is 1.50. The molecule has 0 radical (unpaired) electrons. The Bertz CT molecular complexity index is 452. The van der Waals surface area contributed by atoms with Crippen LogP contribution in [-0.4, -0.2) is 6.04 Å². The zero-order valence-corrected chi connectivity index (χ0v) is 13.5. The summed E-state index contributed by atoms with van der Waals surface area (Å²) in [6, 6.07) is 6.64. The number of thiophene rings is 2. The molecule has 2 rings (SSSR count). The van der Waals surface area contributed by atoms with Gasteiger partial charge < -0.3 is 5.73 Å². The zero-order chi connectivity index (χ0) is 12.3. The van der Waals surface area contributed by atoms with Gasteiger partial charge in [0.25, 0.3) is 0 Å². The molecule has 2 N–H and O–H groups in total. The molecule has 0 bridgehead atoms. The summed E-state index contributed by atoms with van der Waals surface area (Å²) in [5, 5.41) is 4.59. The van der Waals surface area contributed by atoms with Crippen molar-refractivity contribution < 1.29 is 0 Å². The van der Waals surface area contributed by atoms with Crippen molar-refractivity contribution in [2.75, 3.05) is 0 Å². The number of hydrogen-bond donors (Lipinski definition) is 1. The van der Waals surface area contributed by atoms with Crippen molar-refractivity contribution in [1.82, 2.24) is 0 Å². The van der Waals surface area contributed by atoms with E-state index in [0.29, 0.717) is 5.25 Å². The number of halogens is 1. The summed E-state index contributed by atoms with van der Waals surface area (Å²) in [6.45, 7) is 2.15. The van der Waals surface area contributed by atoms with Gasteiger partial charge in [0.1, 0.15) is 0 Å². The number of nitrogens with two attached hydrogens (primary N) is 1. The predicted molar refractivity (Wildman–Crippen MR) is 83.2 cm³/mol. The van der Waals surface area contributed by atoms with Crippen LogP contribution in [0.4, 0.5) is 0 Å². The maximum atomic E-state index is 6.25. The number of hydrogen-bond acceptors (Lipinski definition) is 4. The van der Waals surface area contributed by atoms with Crippen LogP contribution in [-0.2, 0) is 0 Å². The SMILES string of the molecule is CCC(N)C(Sc1cccs1)c1cc(Br)cs1. The molecule has 0 saturated heterocycles. The smallest absolute Gasteiger partial charge is 0.0605 e. The second-order valence-corrected chi connectivity index (χ2v) is 7.96. The Labute approximate surface area is 123 Å². The molecular formula is C12H14BrNS3. The summed E-state index contributed by atoms with van der Waals surface area (Å²) in [4.78, 5) is 1.35. The molecule has 2 heterocycles. The summed E-state index contributed by atoms with van der Waals surface area (Å²) in [5.74, 6) is 0. The lowest BCUT2D eigenvalue weighted by molar-refractivity contribution is 0.640. The van der Waals surface area contributed by atoms with E-state index in [9.17, 15) is 0 Å². The van der Waals surface area contributed by atoms with Crippen molar-refractivity contribution in [3.63, 3.8) is 0 Å². The maximum Gasteiger partial charge on any atom is 0.0605 e. The van der Waals surface area contributed by atoms with Gasteiger partial charge in [-0.3, -0.25) is 0 Å². The van der Waals surface area contributed by atoms with Crippen LogP contribution in [0.25, 0.3) is 0 Å². The lowest BCUT2D eigenvalue weighted by Crippen LogP contribution is -2.24. The fourth-order valence-corrected chi connectivity index (χ4v) is 5.42. The Hall–Kier alpha value is 0.190. The van der Waals surface area contributed by atoms with Crippen molar-refractivity contribution in [3.05, 3.63) is 38.3 Å². The number of rotatable bonds is 5. The highest BCUT2D eigenvalue weighted by molar-refractivity contribution is 9.10. The van der Waals surface area contributed by atoms with Gasteiger partial charge in [0.2, 0.25) is 0 Å². The minimum absolute atomic E-state index is 0.202. The Balaban J connectivity index is 2.19. The first kappa shape index (κ1) is 13.6. The largest absolute Gasteiger partial charge is 0.326 e. The Morgan fingerprint density at radius 1 is 1.47 bits per heavy atom. The summed E-state index contributed by atoms with van der Waals surface area (Å²) in [6.07, 6.45) is 0.999. The van der Waals surface area contributed by atoms with E-state index in [1.165, 1.54) is 9.09 Å². The lowest BCUT2D eigenvalue weighted by Gasteiger charge is -2.20. The van der Waals surface area contributed by atoms with Crippen LogP contribution in [0.5, 0.6) is 0 Å². The molecular weight excluding hydrogens is 334 g/mol. The normalized spacial score (nSPS) is 14.8. The maximum absolute atomic E-state index is 6.25. The molecule has 0 aliphatic carbocycles. The van der Waals surface area contributed by atoms with Crippen molar-refractivity contribution in [2.45, 2.75) is 28.8 Å². The highest BCUT2D eigenvalue weighted by Crippen LogP contribution is 2.42. The van der Waals surface area contributed by atoms with E-state index in [2.05, 4.69) is 51.8 Å². The minimum Gasteiger partial charge on any atom is -0.326 e. The minimum atomic E-state index is 0.202. The molecule has 2 atom stereocenters. The molecule has 5 heteroatoms. The van der Waals surface area contributed by atoms with E-state index < -0.39 is 0 Å². The van der Waals surface area contributed by atoms with Crippen molar-refractivity contribution in [3.8, 4) is 0 Å². The van der Waals surface area contributed by atoms with Gasteiger partial charge >= 0.3 is 0 Å². The highest BCUT2D eigenvalue weighted by Gasteiger charge is 2.21. The van der Waals surface area contributed by atoms with E-state index in [-0.39, 0.29) is 6.04 Å². The molecule has 2 aromatic heterocycles. The average Bonchev–Trinajstić information content (AvgIpc) is 2.96. The summed E-state index contributed by atoms with van der Waals surface area (Å²) in [5.41, 5.74) is 6.25. The second-order valence-electron chi connectivity index (χ2n) is 3.71. The molecule has 0 aromatic carbocycles. The number of thioether (sulfide) groups is 1. The third-order valence-electron chi connectivity index (χ3n) is 2.47. The van der Waals surface area contributed by atoms with Crippen molar-refractivity contribution >= 4 is 50.4 Å². The predicted octanol–water partition coefficient (Wildman–Crippen LogP) is 5.14. The van der Waals surface area contributed by atoms with Gasteiger partial charge in [0.15, 0.2) is 0 Å². The molecule has 17 heavy (non-hydrogen) atoms. The second kappa shape index (κ2) is 6.38. The Morgan fingerprint density at radius 2 is 2.29 bits per heavy atom. The van der Waals surface area contributed by atoms with Gasteiger partial charge in [-0.15, -0.1) is 34.4 Å². The summed E-state index contributed by atoms with van der Waals surface area (Å²) in [7, 11) is 0. The lowest BCUT2D eigenvalue weighted by atomic mass is 10.1. The van der Waals surface area contributed by atoms with Crippen LogP contribution in [0.1, 0.15) is 23.5 Å². The van der Waals surface area contributed by atoms with Gasteiger partial charge in [-0.1, -0.05) is 13.0 Å². The van der Waals surface area contributed by atoms with Crippen molar-refractivity contribution in [1.29, 1.82) is 0 Å². The topological polar surface area (TPSA) is 26.0 Å². The van der Waals surface area contributed by atoms with E-state index in [4.69, 9.17) is 5.73 Å². The summed E-state index contributed by atoms with van der Waals surface area (Å²) >= 11 is 8.95. The molecule has 0 amide bonds. The van der Waals surface area contributed by atoms with Crippen LogP contribution in [0.3, 0.4) is 0 Å². The molecule has 92 valence electrons. The first-order valence-corrected chi connectivity index (χ1v) is 8.83. The van der Waals surface area contributed by atoms with Crippen LogP contribution < -0.4 is 5.73 Å². The molecule has 2 aromatic rings. The molecule has 1 nitrogen and oxygen atoms in total.